The van der Waals surface area contributed by atoms with E-state index in [1.807, 2.05) is 41.5 Å². The molecule has 1 saturated carbocycles. The highest BCUT2D eigenvalue weighted by atomic mass is 19.1. The minimum Gasteiger partial charge on any atom is -0.494 e. The van der Waals surface area contributed by atoms with Gasteiger partial charge in [-0.2, -0.15) is 0 Å². The topological polar surface area (TPSA) is 82.6 Å². The predicted molar refractivity (Wildman–Crippen MR) is 161 cm³/mol. The smallest absolute Gasteiger partial charge is 0.227 e. The van der Waals surface area contributed by atoms with Crippen LogP contribution in [-0.4, -0.2) is 40.9 Å². The van der Waals surface area contributed by atoms with Gasteiger partial charge in [0.1, 0.15) is 11.6 Å². The van der Waals surface area contributed by atoms with E-state index in [-0.39, 0.29) is 29.2 Å². The summed E-state index contributed by atoms with van der Waals surface area (Å²) in [6, 6.07) is 11.0. The van der Waals surface area contributed by atoms with Crippen LogP contribution in [0.25, 0.3) is 22.2 Å². The van der Waals surface area contributed by atoms with Gasteiger partial charge in [-0.1, -0.05) is 38.9 Å². The summed E-state index contributed by atoms with van der Waals surface area (Å²) in [5, 5.41) is 4.12. The molecule has 0 radical (unpaired) electrons. The summed E-state index contributed by atoms with van der Waals surface area (Å²) in [7, 11) is 1.43. The normalized spacial score (nSPS) is 19.1. The summed E-state index contributed by atoms with van der Waals surface area (Å²) in [5.41, 5.74) is 5.49. The second kappa shape index (κ2) is 11.9. The lowest BCUT2D eigenvalue weighted by molar-refractivity contribution is -0.174. The molecule has 2 aromatic carbocycles. The van der Waals surface area contributed by atoms with Crippen LogP contribution in [-0.2, 0) is 9.53 Å². The third-order valence-corrected chi connectivity index (χ3v) is 8.48. The first-order valence-corrected chi connectivity index (χ1v) is 15.1. The Morgan fingerprint density at radius 1 is 1.05 bits per heavy atom. The molecule has 42 heavy (non-hydrogen) atoms. The molecule has 1 aliphatic carbocycles. The molecule has 1 atom stereocenters. The van der Waals surface area contributed by atoms with Gasteiger partial charge in [0.25, 0.3) is 0 Å². The van der Waals surface area contributed by atoms with Crippen molar-refractivity contribution >= 4 is 22.6 Å². The van der Waals surface area contributed by atoms with E-state index >= 15 is 0 Å². The molecule has 0 unspecified atom stereocenters. The van der Waals surface area contributed by atoms with Crippen LogP contribution in [0.1, 0.15) is 82.7 Å². The van der Waals surface area contributed by atoms with Crippen LogP contribution >= 0.6 is 0 Å². The maximum atomic E-state index is 14.7. The highest BCUT2D eigenvalue weighted by Crippen LogP contribution is 2.55. The zero-order chi connectivity index (χ0) is 30.2. The Hall–Kier alpha value is -3.72. The molecule has 0 N–H and O–H groups in total. The van der Waals surface area contributed by atoms with Gasteiger partial charge in [0.15, 0.2) is 11.6 Å². The van der Waals surface area contributed by atoms with Crippen molar-refractivity contribution in [3.05, 3.63) is 59.5 Å². The van der Waals surface area contributed by atoms with Crippen LogP contribution in [0.2, 0.25) is 0 Å². The minimum atomic E-state index is -0.494. The van der Waals surface area contributed by atoms with E-state index < -0.39 is 5.82 Å². The molecule has 4 aromatic rings. The number of hydrogen-bond acceptors (Lipinski definition) is 6. The van der Waals surface area contributed by atoms with E-state index in [2.05, 4.69) is 27.9 Å². The van der Waals surface area contributed by atoms with Gasteiger partial charge in [-0.05, 0) is 62.9 Å². The van der Waals surface area contributed by atoms with Gasteiger partial charge in [0, 0.05) is 35.2 Å². The van der Waals surface area contributed by atoms with Crippen LogP contribution in [0, 0.1) is 25.1 Å². The molecule has 2 aliphatic heterocycles. The van der Waals surface area contributed by atoms with Crippen molar-refractivity contribution in [2.75, 3.05) is 25.2 Å². The quantitative estimate of drug-likeness (QED) is 0.242. The molecule has 0 bridgehead atoms. The largest absolute Gasteiger partial charge is 0.494 e. The predicted octanol–water partition coefficient (Wildman–Crippen LogP) is 7.73. The maximum Gasteiger partial charge on any atom is 0.227 e. The van der Waals surface area contributed by atoms with Crippen LogP contribution in [0.3, 0.4) is 0 Å². The molecule has 3 fully saturated rings. The number of benzene rings is 2. The first-order chi connectivity index (χ1) is 20.4. The zero-order valence-electron chi connectivity index (χ0n) is 25.7. The summed E-state index contributed by atoms with van der Waals surface area (Å²) in [5.74, 6) is 1.23. The van der Waals surface area contributed by atoms with Gasteiger partial charge in [-0.15, -0.1) is 0 Å². The first kappa shape index (κ1) is 29.8. The van der Waals surface area contributed by atoms with Crippen molar-refractivity contribution in [3.63, 3.8) is 0 Å². The number of ether oxygens (including phenoxy) is 2. The van der Waals surface area contributed by atoms with Crippen molar-refractivity contribution in [1.82, 2.24) is 14.7 Å². The third kappa shape index (κ3) is 4.87. The number of anilines is 1. The lowest BCUT2D eigenvalue weighted by Crippen LogP contribution is -2.52. The average Bonchev–Trinajstić information content (AvgIpc) is 3.63. The van der Waals surface area contributed by atoms with Crippen LogP contribution in [0.15, 0.2) is 40.9 Å². The van der Waals surface area contributed by atoms with Crippen molar-refractivity contribution in [2.24, 2.45) is 5.41 Å². The second-order valence-corrected chi connectivity index (χ2v) is 10.9. The fraction of sp³-hybridized carbons (Fsp3) is 0.485. The van der Waals surface area contributed by atoms with Crippen molar-refractivity contribution < 1.29 is 23.2 Å². The minimum absolute atomic E-state index is 0.0351. The van der Waals surface area contributed by atoms with Crippen molar-refractivity contribution in [2.45, 2.75) is 79.3 Å². The molecular formula is C33H41FN4O4. The van der Waals surface area contributed by atoms with Gasteiger partial charge in [0.05, 0.1) is 43.1 Å². The fourth-order valence-corrected chi connectivity index (χ4v) is 6.59. The Labute approximate surface area is 246 Å². The van der Waals surface area contributed by atoms with Crippen LogP contribution in [0.4, 0.5) is 10.1 Å². The maximum absolute atomic E-state index is 14.7. The summed E-state index contributed by atoms with van der Waals surface area (Å²) in [6.07, 6.45) is 3.05. The lowest BCUT2D eigenvalue weighted by Gasteiger charge is -2.54. The Balaban J connectivity index is 0.000000847. The molecule has 2 saturated heterocycles. The Kier molecular flexibility index (Phi) is 8.42. The summed E-state index contributed by atoms with van der Waals surface area (Å²) in [6.45, 7) is 13.5. The Morgan fingerprint density at radius 3 is 2.38 bits per heavy atom. The molecule has 2 aromatic heterocycles. The first-order valence-electron chi connectivity index (χ1n) is 15.1. The number of rotatable bonds is 5. The number of hydrogen-bond donors (Lipinski definition) is 0. The fourth-order valence-electron chi connectivity index (χ4n) is 6.59. The SMILES string of the molecule is CC.CC.COc1ccc(N2C(=O)CC[C@H]2c2nc3cc(-c4c(C)noc4C)ccc3n2C2CC3(COC3)C2)cc1F. The molecule has 8 nitrogen and oxygen atoms in total. The standard InChI is InChI=1S/C29H29FN4O4.2C2H6/c1-16-27(17(2)38-32-16)18-4-6-23-22(10-18)31-28(34(23)20-12-29(13-20)14-37-15-29)24-7-9-26(35)33(24)19-5-8-25(36-3)21(30)11-19;2*1-2/h4-6,8,10-11,20,24H,7,9,12-15H2,1-3H3;2*1-2H3/t24-;;/m0../s1. The number of carbonyl (C=O) groups is 1. The number of fused-ring (bicyclic) bond motifs is 1. The molecule has 224 valence electrons. The monoisotopic (exact) mass is 576 g/mol. The van der Waals surface area contributed by atoms with Crippen molar-refractivity contribution in [1.29, 1.82) is 0 Å². The second-order valence-electron chi connectivity index (χ2n) is 10.9. The Bertz CT molecular complexity index is 1560. The molecule has 4 heterocycles. The number of nitrogens with zero attached hydrogens (tertiary/aromatic N) is 4. The molecule has 7 rings (SSSR count). The average molecular weight is 577 g/mol. The summed E-state index contributed by atoms with van der Waals surface area (Å²) >= 11 is 0. The van der Waals surface area contributed by atoms with Crippen LogP contribution < -0.4 is 9.64 Å². The molecule has 3 aliphatic rings. The number of imidazole rings is 1. The zero-order valence-corrected chi connectivity index (χ0v) is 25.7. The number of amides is 1. The number of carbonyl (C=O) groups excluding carboxylic acids is 1. The van der Waals surface area contributed by atoms with E-state index in [1.165, 1.54) is 13.2 Å². The molecular weight excluding hydrogens is 535 g/mol. The van der Waals surface area contributed by atoms with E-state index in [0.717, 1.165) is 65.5 Å². The highest BCUT2D eigenvalue weighted by molar-refractivity contribution is 5.96. The van der Waals surface area contributed by atoms with Crippen LogP contribution in [0.5, 0.6) is 5.75 Å². The van der Waals surface area contributed by atoms with Gasteiger partial charge in [-0.3, -0.25) is 4.79 Å². The number of halogens is 1. The third-order valence-electron chi connectivity index (χ3n) is 8.48. The van der Waals surface area contributed by atoms with Gasteiger partial charge >= 0.3 is 0 Å². The van der Waals surface area contributed by atoms with Gasteiger partial charge < -0.3 is 23.5 Å². The lowest BCUT2D eigenvalue weighted by atomic mass is 9.64. The van der Waals surface area contributed by atoms with E-state index in [9.17, 15) is 9.18 Å². The molecule has 1 amide bonds. The van der Waals surface area contributed by atoms with E-state index in [0.29, 0.717) is 18.5 Å². The number of aryl methyl sites for hydroxylation is 2. The number of aromatic nitrogens is 3. The van der Waals surface area contributed by atoms with Gasteiger partial charge in [0.2, 0.25) is 5.91 Å². The highest BCUT2D eigenvalue weighted by Gasteiger charge is 2.52. The Morgan fingerprint density at radius 2 is 1.79 bits per heavy atom. The van der Waals surface area contributed by atoms with Crippen molar-refractivity contribution in [3.8, 4) is 16.9 Å². The molecule has 1 spiro atoms. The van der Waals surface area contributed by atoms with Gasteiger partial charge in [-0.25, -0.2) is 9.37 Å². The van der Waals surface area contributed by atoms with E-state index in [1.54, 1.807) is 17.0 Å². The molecule has 9 heteroatoms. The number of methoxy groups -OCH3 is 1. The van der Waals surface area contributed by atoms with E-state index in [4.69, 9.17) is 19.0 Å². The summed E-state index contributed by atoms with van der Waals surface area (Å²) < 4.78 is 33.0. The summed E-state index contributed by atoms with van der Waals surface area (Å²) in [4.78, 5) is 20.0.